The van der Waals surface area contributed by atoms with Crippen LogP contribution < -0.4 is 9.47 Å². The van der Waals surface area contributed by atoms with Crippen molar-refractivity contribution < 1.29 is 14.6 Å². The second-order valence-electron chi connectivity index (χ2n) is 6.64. The van der Waals surface area contributed by atoms with Crippen molar-refractivity contribution in [3.63, 3.8) is 0 Å². The number of aliphatic hydroxyl groups excluding tert-OH is 1. The third-order valence-electron chi connectivity index (χ3n) is 4.57. The van der Waals surface area contributed by atoms with Crippen LogP contribution in [0.3, 0.4) is 0 Å². The lowest BCUT2D eigenvalue weighted by Gasteiger charge is -2.28. The van der Waals surface area contributed by atoms with Crippen molar-refractivity contribution in [3.05, 3.63) is 23.8 Å². The number of ether oxygens (including phenoxy) is 2. The molecule has 1 atom stereocenters. The van der Waals surface area contributed by atoms with Gasteiger partial charge >= 0.3 is 0 Å². The summed E-state index contributed by atoms with van der Waals surface area (Å²) in [7, 11) is 3.73. The molecule has 1 aromatic rings. The minimum absolute atomic E-state index is 0.292. The Bertz CT molecular complexity index is 490. The minimum atomic E-state index is -0.477. The van der Waals surface area contributed by atoms with E-state index in [4.69, 9.17) is 9.47 Å². The summed E-state index contributed by atoms with van der Waals surface area (Å²) < 4.78 is 11.3. The first kappa shape index (κ1) is 19.0. The highest BCUT2D eigenvalue weighted by atomic mass is 16.5. The maximum absolute atomic E-state index is 10.3. The molecule has 136 valence electrons. The number of hydrogen-bond acceptors (Lipinski definition) is 5. The second kappa shape index (κ2) is 9.87. The van der Waals surface area contributed by atoms with Crippen LogP contribution in [-0.2, 0) is 6.54 Å². The highest BCUT2D eigenvalue weighted by molar-refractivity contribution is 5.43. The lowest BCUT2D eigenvalue weighted by Crippen LogP contribution is -2.38. The van der Waals surface area contributed by atoms with Crippen molar-refractivity contribution in [2.45, 2.75) is 38.8 Å². The van der Waals surface area contributed by atoms with Crippen LogP contribution in [0.2, 0.25) is 0 Å². The van der Waals surface area contributed by atoms with Crippen LogP contribution in [0.15, 0.2) is 18.2 Å². The Kier molecular flexibility index (Phi) is 7.82. The van der Waals surface area contributed by atoms with Crippen molar-refractivity contribution in [1.82, 2.24) is 9.80 Å². The monoisotopic (exact) mass is 336 g/mol. The van der Waals surface area contributed by atoms with Crippen LogP contribution in [0.4, 0.5) is 0 Å². The van der Waals surface area contributed by atoms with Gasteiger partial charge in [0.2, 0.25) is 0 Å². The van der Waals surface area contributed by atoms with E-state index >= 15 is 0 Å². The highest BCUT2D eigenvalue weighted by Gasteiger charge is 2.16. The van der Waals surface area contributed by atoms with Gasteiger partial charge in [-0.15, -0.1) is 0 Å². The average Bonchev–Trinajstić information content (AvgIpc) is 2.61. The first-order valence-corrected chi connectivity index (χ1v) is 9.01. The SMILES string of the molecule is CCN(C)Cc1ccc(OC)c(OC[C@H](O)CN2CCCCC2)c1. The molecule has 5 nitrogen and oxygen atoms in total. The van der Waals surface area contributed by atoms with E-state index in [9.17, 15) is 5.11 Å². The first-order valence-electron chi connectivity index (χ1n) is 9.01. The highest BCUT2D eigenvalue weighted by Crippen LogP contribution is 2.28. The summed E-state index contributed by atoms with van der Waals surface area (Å²) in [6.07, 6.45) is 3.29. The molecule has 1 saturated heterocycles. The Morgan fingerprint density at radius 2 is 1.96 bits per heavy atom. The number of aliphatic hydroxyl groups is 1. The van der Waals surface area contributed by atoms with Crippen LogP contribution in [0, 0.1) is 0 Å². The summed E-state index contributed by atoms with van der Waals surface area (Å²) in [5, 5.41) is 10.3. The minimum Gasteiger partial charge on any atom is -0.493 e. The molecule has 1 heterocycles. The topological polar surface area (TPSA) is 45.2 Å². The van der Waals surface area contributed by atoms with Crippen molar-refractivity contribution in [1.29, 1.82) is 0 Å². The standard InChI is InChI=1S/C19H32N2O3/c1-4-20(2)13-16-8-9-18(23-3)19(12-16)24-15-17(22)14-21-10-6-5-7-11-21/h8-9,12,17,22H,4-7,10-11,13-15H2,1-3H3/t17-/m1/s1. The van der Waals surface area contributed by atoms with E-state index in [1.54, 1.807) is 7.11 Å². The van der Waals surface area contributed by atoms with Crippen molar-refractivity contribution >= 4 is 0 Å². The fourth-order valence-corrected chi connectivity index (χ4v) is 3.03. The summed E-state index contributed by atoms with van der Waals surface area (Å²) in [4.78, 5) is 4.55. The zero-order valence-corrected chi connectivity index (χ0v) is 15.3. The molecule has 0 spiro atoms. The molecule has 0 aliphatic carbocycles. The van der Waals surface area contributed by atoms with Gasteiger partial charge < -0.3 is 24.4 Å². The molecule has 1 aliphatic heterocycles. The lowest BCUT2D eigenvalue weighted by atomic mass is 10.1. The van der Waals surface area contributed by atoms with Gasteiger partial charge in [-0.05, 0) is 57.2 Å². The van der Waals surface area contributed by atoms with Crippen LogP contribution in [0.1, 0.15) is 31.7 Å². The molecule has 2 rings (SSSR count). The van der Waals surface area contributed by atoms with Gasteiger partial charge in [0, 0.05) is 13.1 Å². The molecular weight excluding hydrogens is 304 g/mol. The quantitative estimate of drug-likeness (QED) is 0.750. The molecule has 0 unspecified atom stereocenters. The maximum Gasteiger partial charge on any atom is 0.161 e. The van der Waals surface area contributed by atoms with Crippen molar-refractivity contribution in [2.24, 2.45) is 0 Å². The number of likely N-dealkylation sites (tertiary alicyclic amines) is 1. The maximum atomic E-state index is 10.3. The van der Waals surface area contributed by atoms with Crippen molar-refractivity contribution in [2.75, 3.05) is 46.9 Å². The van der Waals surface area contributed by atoms with Crippen LogP contribution >= 0.6 is 0 Å². The van der Waals surface area contributed by atoms with E-state index in [0.29, 0.717) is 24.7 Å². The Morgan fingerprint density at radius 1 is 1.21 bits per heavy atom. The summed E-state index contributed by atoms with van der Waals surface area (Å²) in [6.45, 7) is 7.14. The van der Waals surface area contributed by atoms with E-state index in [1.807, 2.05) is 12.1 Å². The smallest absolute Gasteiger partial charge is 0.161 e. The largest absolute Gasteiger partial charge is 0.493 e. The predicted molar refractivity (Wildman–Crippen MR) is 96.8 cm³/mol. The van der Waals surface area contributed by atoms with E-state index in [-0.39, 0.29) is 0 Å². The van der Waals surface area contributed by atoms with Gasteiger partial charge in [-0.3, -0.25) is 0 Å². The predicted octanol–water partition coefficient (Wildman–Crippen LogP) is 2.37. The first-order chi connectivity index (χ1) is 11.6. The number of nitrogens with zero attached hydrogens (tertiary/aromatic N) is 2. The molecule has 1 aliphatic rings. The number of benzene rings is 1. The molecular formula is C19H32N2O3. The molecule has 1 fully saturated rings. The number of β-amino-alcohol motifs (C(OH)–C–C–N with tert-alkyl or cyclic N) is 1. The van der Waals surface area contributed by atoms with E-state index in [2.05, 4.69) is 29.8 Å². The molecule has 1 N–H and O–H groups in total. The Hall–Kier alpha value is -1.30. The Labute approximate surface area is 146 Å². The fraction of sp³-hybridized carbons (Fsp3) is 0.684. The summed E-state index contributed by atoms with van der Waals surface area (Å²) in [6, 6.07) is 6.01. The Morgan fingerprint density at radius 3 is 2.62 bits per heavy atom. The normalized spacial score (nSPS) is 17.0. The van der Waals surface area contributed by atoms with Gasteiger partial charge in [0.15, 0.2) is 11.5 Å². The third-order valence-corrected chi connectivity index (χ3v) is 4.57. The number of rotatable bonds is 9. The molecule has 0 saturated carbocycles. The van der Waals surface area contributed by atoms with Crippen LogP contribution in [0.25, 0.3) is 0 Å². The summed E-state index contributed by atoms with van der Waals surface area (Å²) in [5.41, 5.74) is 1.18. The molecule has 0 radical (unpaired) electrons. The summed E-state index contributed by atoms with van der Waals surface area (Å²) in [5.74, 6) is 1.42. The van der Waals surface area contributed by atoms with Gasteiger partial charge in [0.25, 0.3) is 0 Å². The van der Waals surface area contributed by atoms with Crippen LogP contribution in [-0.4, -0.2) is 68.0 Å². The average molecular weight is 336 g/mol. The molecule has 0 bridgehead atoms. The zero-order valence-electron chi connectivity index (χ0n) is 15.3. The zero-order chi connectivity index (χ0) is 17.4. The van der Waals surface area contributed by atoms with Crippen molar-refractivity contribution in [3.8, 4) is 11.5 Å². The fourth-order valence-electron chi connectivity index (χ4n) is 3.03. The van der Waals surface area contributed by atoms with Gasteiger partial charge in [0.1, 0.15) is 12.7 Å². The summed E-state index contributed by atoms with van der Waals surface area (Å²) >= 11 is 0. The number of methoxy groups -OCH3 is 1. The third kappa shape index (κ3) is 5.96. The number of piperidine rings is 1. The molecule has 0 aromatic heterocycles. The van der Waals surface area contributed by atoms with Gasteiger partial charge in [-0.2, -0.15) is 0 Å². The molecule has 5 heteroatoms. The van der Waals surface area contributed by atoms with Gasteiger partial charge in [-0.25, -0.2) is 0 Å². The Balaban J connectivity index is 1.90. The second-order valence-corrected chi connectivity index (χ2v) is 6.64. The molecule has 1 aromatic carbocycles. The number of hydrogen-bond donors (Lipinski definition) is 1. The van der Waals surface area contributed by atoms with E-state index < -0.39 is 6.10 Å². The van der Waals surface area contributed by atoms with E-state index in [1.165, 1.54) is 24.8 Å². The van der Waals surface area contributed by atoms with Crippen LogP contribution in [0.5, 0.6) is 11.5 Å². The molecule has 24 heavy (non-hydrogen) atoms. The lowest BCUT2D eigenvalue weighted by molar-refractivity contribution is 0.0608. The van der Waals surface area contributed by atoms with E-state index in [0.717, 1.165) is 26.2 Å². The van der Waals surface area contributed by atoms with Gasteiger partial charge in [-0.1, -0.05) is 19.4 Å². The van der Waals surface area contributed by atoms with Gasteiger partial charge in [0.05, 0.1) is 7.11 Å². The molecule has 0 amide bonds.